The largest absolute Gasteiger partial charge is 0.399 e. The average Bonchev–Trinajstić information content (AvgIpc) is 2.47. The number of hydrogen-bond donors (Lipinski definition) is 1. The number of para-hydroxylation sites is 1. The van der Waals surface area contributed by atoms with Crippen LogP contribution in [-0.2, 0) is 16.6 Å². The molecule has 2 N–H and O–H groups in total. The van der Waals surface area contributed by atoms with Gasteiger partial charge in [0.2, 0.25) is 0 Å². The predicted molar refractivity (Wildman–Crippen MR) is 87.4 cm³/mol. The van der Waals surface area contributed by atoms with E-state index in [-0.39, 0.29) is 0 Å². The van der Waals surface area contributed by atoms with E-state index < -0.39 is 10.8 Å². The summed E-state index contributed by atoms with van der Waals surface area (Å²) in [6.07, 6.45) is 0. The SMILES string of the molecule is Cc1cc(CS(=O)c2ccc(N)cc2)c2ccccc2n1. The second-order valence-electron chi connectivity index (χ2n) is 5.00. The monoisotopic (exact) mass is 296 g/mol. The summed E-state index contributed by atoms with van der Waals surface area (Å²) in [5.74, 6) is 0.480. The lowest BCUT2D eigenvalue weighted by molar-refractivity contribution is 0.683. The van der Waals surface area contributed by atoms with Crippen molar-refractivity contribution in [3.8, 4) is 0 Å². The highest BCUT2D eigenvalue weighted by Crippen LogP contribution is 2.22. The number of nitrogens with zero attached hydrogens (tertiary/aromatic N) is 1. The first kappa shape index (κ1) is 13.8. The molecule has 3 nitrogen and oxygen atoms in total. The first-order valence-electron chi connectivity index (χ1n) is 6.72. The quantitative estimate of drug-likeness (QED) is 0.753. The van der Waals surface area contributed by atoms with E-state index in [2.05, 4.69) is 4.98 Å². The summed E-state index contributed by atoms with van der Waals surface area (Å²) in [6, 6.07) is 17.2. The van der Waals surface area contributed by atoms with Crippen LogP contribution < -0.4 is 5.73 Å². The van der Waals surface area contributed by atoms with Crippen LogP contribution >= 0.6 is 0 Å². The highest BCUT2D eigenvalue weighted by atomic mass is 32.2. The van der Waals surface area contributed by atoms with Crippen LogP contribution in [0.5, 0.6) is 0 Å². The average molecular weight is 296 g/mol. The van der Waals surface area contributed by atoms with Crippen molar-refractivity contribution in [3.63, 3.8) is 0 Å². The van der Waals surface area contributed by atoms with E-state index in [9.17, 15) is 4.21 Å². The van der Waals surface area contributed by atoms with Crippen molar-refractivity contribution in [2.24, 2.45) is 0 Å². The molecule has 106 valence electrons. The Morgan fingerprint density at radius 2 is 1.81 bits per heavy atom. The highest BCUT2D eigenvalue weighted by Gasteiger charge is 2.09. The Kier molecular flexibility index (Phi) is 3.71. The normalized spacial score (nSPS) is 12.4. The smallest absolute Gasteiger partial charge is 0.0708 e. The minimum Gasteiger partial charge on any atom is -0.399 e. The summed E-state index contributed by atoms with van der Waals surface area (Å²) in [5, 5.41) is 1.06. The molecule has 1 atom stereocenters. The summed E-state index contributed by atoms with van der Waals surface area (Å²) in [6.45, 7) is 1.96. The highest BCUT2D eigenvalue weighted by molar-refractivity contribution is 7.84. The molecule has 3 rings (SSSR count). The molecule has 0 spiro atoms. The summed E-state index contributed by atoms with van der Waals surface area (Å²) in [4.78, 5) is 5.31. The molecular weight excluding hydrogens is 280 g/mol. The van der Waals surface area contributed by atoms with Crippen molar-refractivity contribution >= 4 is 27.4 Å². The second-order valence-corrected chi connectivity index (χ2v) is 6.45. The number of fused-ring (bicyclic) bond motifs is 1. The molecule has 3 aromatic rings. The molecule has 0 aliphatic heterocycles. The molecule has 2 aromatic carbocycles. The Morgan fingerprint density at radius 3 is 2.57 bits per heavy atom. The molecule has 0 fully saturated rings. The zero-order valence-corrected chi connectivity index (χ0v) is 12.6. The zero-order valence-electron chi connectivity index (χ0n) is 11.7. The molecule has 0 amide bonds. The van der Waals surface area contributed by atoms with Gasteiger partial charge in [0.25, 0.3) is 0 Å². The summed E-state index contributed by atoms with van der Waals surface area (Å²) in [7, 11) is -1.09. The number of aryl methyl sites for hydroxylation is 1. The second kappa shape index (κ2) is 5.66. The van der Waals surface area contributed by atoms with Gasteiger partial charge in [-0.15, -0.1) is 0 Å². The van der Waals surface area contributed by atoms with Crippen LogP contribution in [0.15, 0.2) is 59.5 Å². The first-order valence-corrected chi connectivity index (χ1v) is 8.04. The third-order valence-electron chi connectivity index (χ3n) is 3.36. The number of hydrogen-bond acceptors (Lipinski definition) is 3. The van der Waals surface area contributed by atoms with Gasteiger partial charge in [0.15, 0.2) is 0 Å². The van der Waals surface area contributed by atoms with Gasteiger partial charge < -0.3 is 5.73 Å². The molecule has 0 aliphatic rings. The van der Waals surface area contributed by atoms with Crippen molar-refractivity contribution in [1.82, 2.24) is 4.98 Å². The van der Waals surface area contributed by atoms with Gasteiger partial charge in [0.1, 0.15) is 0 Å². The van der Waals surface area contributed by atoms with Gasteiger partial charge >= 0.3 is 0 Å². The number of pyridine rings is 1. The molecule has 1 unspecified atom stereocenters. The van der Waals surface area contributed by atoms with Crippen LogP contribution in [-0.4, -0.2) is 9.19 Å². The Bertz CT molecular complexity index is 813. The molecule has 0 bridgehead atoms. The minimum atomic E-state index is -1.09. The van der Waals surface area contributed by atoms with E-state index >= 15 is 0 Å². The molecule has 0 radical (unpaired) electrons. The molecular formula is C17H16N2OS. The van der Waals surface area contributed by atoms with Gasteiger partial charge in [-0.2, -0.15) is 0 Å². The van der Waals surface area contributed by atoms with Gasteiger partial charge in [-0.25, -0.2) is 0 Å². The molecule has 21 heavy (non-hydrogen) atoms. The number of aromatic nitrogens is 1. The van der Waals surface area contributed by atoms with Crippen molar-refractivity contribution in [2.45, 2.75) is 17.6 Å². The Morgan fingerprint density at radius 1 is 1.10 bits per heavy atom. The number of benzene rings is 2. The van der Waals surface area contributed by atoms with E-state index in [4.69, 9.17) is 5.73 Å². The number of rotatable bonds is 3. The third kappa shape index (κ3) is 2.95. The van der Waals surface area contributed by atoms with Crippen molar-refractivity contribution in [3.05, 3.63) is 65.9 Å². The lowest BCUT2D eigenvalue weighted by Gasteiger charge is -2.08. The van der Waals surface area contributed by atoms with Crippen molar-refractivity contribution < 1.29 is 4.21 Å². The van der Waals surface area contributed by atoms with Crippen LogP contribution in [0.25, 0.3) is 10.9 Å². The predicted octanol–water partition coefficient (Wildman–Crippen LogP) is 3.43. The van der Waals surface area contributed by atoms with Gasteiger partial charge in [-0.3, -0.25) is 9.19 Å². The summed E-state index contributed by atoms with van der Waals surface area (Å²) < 4.78 is 12.5. The van der Waals surface area contributed by atoms with Gasteiger partial charge in [0, 0.05) is 21.7 Å². The molecule has 0 saturated heterocycles. The minimum absolute atomic E-state index is 0.480. The van der Waals surface area contributed by atoms with E-state index in [1.165, 1.54) is 0 Å². The number of nitrogens with two attached hydrogens (primary N) is 1. The van der Waals surface area contributed by atoms with Crippen LogP contribution in [0.3, 0.4) is 0 Å². The molecule has 0 aliphatic carbocycles. The maximum absolute atomic E-state index is 12.5. The van der Waals surface area contributed by atoms with Crippen molar-refractivity contribution in [2.75, 3.05) is 5.73 Å². The van der Waals surface area contributed by atoms with E-state index in [0.717, 1.165) is 27.1 Å². The van der Waals surface area contributed by atoms with Crippen LogP contribution in [0, 0.1) is 6.92 Å². The maximum atomic E-state index is 12.5. The van der Waals surface area contributed by atoms with Gasteiger partial charge in [-0.05, 0) is 48.9 Å². The Hall–Kier alpha value is -2.20. The van der Waals surface area contributed by atoms with E-state index in [1.807, 2.05) is 49.4 Å². The topological polar surface area (TPSA) is 56.0 Å². The molecule has 1 heterocycles. The van der Waals surface area contributed by atoms with Gasteiger partial charge in [0.05, 0.1) is 22.1 Å². The Labute approximate surface area is 126 Å². The Balaban J connectivity index is 1.98. The van der Waals surface area contributed by atoms with E-state index in [0.29, 0.717) is 11.4 Å². The van der Waals surface area contributed by atoms with Crippen LogP contribution in [0.4, 0.5) is 5.69 Å². The van der Waals surface area contributed by atoms with Gasteiger partial charge in [-0.1, -0.05) is 18.2 Å². The number of nitrogen functional groups attached to an aromatic ring is 1. The fraction of sp³-hybridized carbons (Fsp3) is 0.118. The lowest BCUT2D eigenvalue weighted by atomic mass is 10.1. The fourth-order valence-corrected chi connectivity index (χ4v) is 3.49. The first-order chi connectivity index (χ1) is 10.1. The standard InChI is InChI=1S/C17H16N2OS/c1-12-10-13(16-4-2-3-5-17(16)19-12)11-21(20)15-8-6-14(18)7-9-15/h2-10H,11,18H2,1H3. The lowest BCUT2D eigenvalue weighted by Crippen LogP contribution is -1.99. The van der Waals surface area contributed by atoms with Crippen LogP contribution in [0.1, 0.15) is 11.3 Å². The fourth-order valence-electron chi connectivity index (χ4n) is 2.36. The molecule has 1 aromatic heterocycles. The molecule has 0 saturated carbocycles. The number of anilines is 1. The summed E-state index contributed by atoms with van der Waals surface area (Å²) >= 11 is 0. The van der Waals surface area contributed by atoms with Crippen LogP contribution in [0.2, 0.25) is 0 Å². The molecule has 4 heteroatoms. The maximum Gasteiger partial charge on any atom is 0.0708 e. The van der Waals surface area contributed by atoms with Crippen molar-refractivity contribution in [1.29, 1.82) is 0 Å². The summed E-state index contributed by atoms with van der Waals surface area (Å²) in [5.41, 5.74) is 9.30. The third-order valence-corrected chi connectivity index (χ3v) is 4.73. The zero-order chi connectivity index (χ0) is 14.8. The van der Waals surface area contributed by atoms with E-state index in [1.54, 1.807) is 12.1 Å².